The van der Waals surface area contributed by atoms with Crippen molar-refractivity contribution in [3.05, 3.63) is 46.7 Å². The lowest BCUT2D eigenvalue weighted by molar-refractivity contribution is -0.121. The second kappa shape index (κ2) is 7.09. The molecule has 0 aliphatic rings. The number of amides is 1. The van der Waals surface area contributed by atoms with Crippen LogP contribution in [-0.2, 0) is 11.3 Å². The summed E-state index contributed by atoms with van der Waals surface area (Å²) in [6.07, 6.45) is 1.44. The third kappa shape index (κ3) is 3.63. The Bertz CT molecular complexity index is 916. The Morgan fingerprint density at radius 2 is 2.16 bits per heavy atom. The highest BCUT2D eigenvalue weighted by molar-refractivity contribution is 6.32. The summed E-state index contributed by atoms with van der Waals surface area (Å²) in [4.78, 5) is 11.8. The zero-order valence-corrected chi connectivity index (χ0v) is 13.9. The van der Waals surface area contributed by atoms with Crippen molar-refractivity contribution in [1.82, 2.24) is 35.4 Å². The Morgan fingerprint density at radius 1 is 1.40 bits per heavy atom. The summed E-state index contributed by atoms with van der Waals surface area (Å²) in [7, 11) is 0. The Kier molecular flexibility index (Phi) is 4.70. The number of nitrogens with one attached hydrogen (secondary N) is 1. The van der Waals surface area contributed by atoms with Crippen LogP contribution in [0.2, 0.25) is 5.15 Å². The molecule has 0 unspecified atom stereocenters. The highest BCUT2D eigenvalue weighted by atomic mass is 35.5. The summed E-state index contributed by atoms with van der Waals surface area (Å²) in [6, 6.07) is 9.46. The minimum Gasteiger partial charge on any atom is -0.367 e. The van der Waals surface area contributed by atoms with Gasteiger partial charge in [0.1, 0.15) is 11.7 Å². The average molecular weight is 360 g/mol. The van der Waals surface area contributed by atoms with Gasteiger partial charge < -0.3 is 5.73 Å². The van der Waals surface area contributed by atoms with E-state index in [2.05, 4.69) is 31.2 Å². The van der Waals surface area contributed by atoms with Crippen molar-refractivity contribution >= 4 is 29.7 Å². The molecule has 2 heterocycles. The first-order chi connectivity index (χ1) is 12.1. The van der Waals surface area contributed by atoms with Gasteiger partial charge in [-0.2, -0.15) is 10.2 Å². The highest BCUT2D eigenvalue weighted by Gasteiger charge is 2.13. The number of hydrogen-bond acceptors (Lipinski definition) is 7. The van der Waals surface area contributed by atoms with Crippen LogP contribution in [0.25, 0.3) is 5.69 Å². The molecule has 128 valence electrons. The summed E-state index contributed by atoms with van der Waals surface area (Å²) < 4.78 is 2.75. The molecule has 0 radical (unpaired) electrons. The first-order valence-corrected chi connectivity index (χ1v) is 7.58. The molecule has 3 N–H and O–H groups in total. The van der Waals surface area contributed by atoms with E-state index < -0.39 is 5.91 Å². The molecule has 1 aromatic carbocycles. The van der Waals surface area contributed by atoms with Crippen LogP contribution < -0.4 is 11.2 Å². The lowest BCUT2D eigenvalue weighted by Gasteiger charge is -2.02. The third-order valence-corrected chi connectivity index (χ3v) is 3.65. The molecule has 0 aliphatic heterocycles. The van der Waals surface area contributed by atoms with E-state index in [0.29, 0.717) is 16.4 Å². The van der Waals surface area contributed by atoms with E-state index in [0.717, 1.165) is 10.4 Å². The predicted octanol–water partition coefficient (Wildman–Crippen LogP) is 0.553. The molecule has 0 fully saturated rings. The van der Waals surface area contributed by atoms with Gasteiger partial charge in [0.25, 0.3) is 5.91 Å². The smallest absolute Gasteiger partial charge is 0.261 e. The number of nitrogens with zero attached hydrogens (tertiary/aromatic N) is 7. The van der Waals surface area contributed by atoms with Crippen molar-refractivity contribution in [1.29, 1.82) is 0 Å². The van der Waals surface area contributed by atoms with Crippen LogP contribution in [-0.4, -0.2) is 42.1 Å². The summed E-state index contributed by atoms with van der Waals surface area (Å²) in [5.74, 6) is -0.387. The molecule has 2 aromatic heterocycles. The van der Waals surface area contributed by atoms with Gasteiger partial charge in [-0.3, -0.25) is 4.79 Å². The normalized spacial score (nSPS) is 11.1. The number of rotatable bonds is 5. The average Bonchev–Trinajstić information content (AvgIpc) is 3.13. The van der Waals surface area contributed by atoms with Crippen molar-refractivity contribution < 1.29 is 4.79 Å². The molecule has 0 aliphatic carbocycles. The van der Waals surface area contributed by atoms with Crippen molar-refractivity contribution in [3.8, 4) is 5.69 Å². The third-order valence-electron chi connectivity index (χ3n) is 3.28. The molecule has 10 nitrogen and oxygen atoms in total. The number of benzene rings is 1. The summed E-state index contributed by atoms with van der Waals surface area (Å²) in [5.41, 5.74) is 9.96. The molecule has 1 amide bonds. The predicted molar refractivity (Wildman–Crippen MR) is 91.3 cm³/mol. The van der Waals surface area contributed by atoms with E-state index in [-0.39, 0.29) is 12.5 Å². The van der Waals surface area contributed by atoms with E-state index >= 15 is 0 Å². The first kappa shape index (κ1) is 16.6. The molecule has 0 spiro atoms. The highest BCUT2D eigenvalue weighted by Crippen LogP contribution is 2.21. The number of halogens is 1. The van der Waals surface area contributed by atoms with Crippen LogP contribution in [0.3, 0.4) is 0 Å². The van der Waals surface area contributed by atoms with Gasteiger partial charge in [-0.25, -0.2) is 14.8 Å². The fraction of sp³-hybridized carbons (Fsp3) is 0.143. The van der Waals surface area contributed by atoms with E-state index in [1.54, 1.807) is 11.6 Å². The number of nitrogens with two attached hydrogens (primary N) is 1. The molecule has 3 rings (SSSR count). The Labute approximate surface area is 147 Å². The van der Waals surface area contributed by atoms with Gasteiger partial charge in [0, 0.05) is 0 Å². The van der Waals surface area contributed by atoms with Crippen LogP contribution >= 0.6 is 11.6 Å². The zero-order chi connectivity index (χ0) is 17.8. The van der Waals surface area contributed by atoms with E-state index in [1.165, 1.54) is 6.21 Å². The van der Waals surface area contributed by atoms with E-state index in [4.69, 9.17) is 17.3 Å². The number of hydrogen-bond donors (Lipinski definition) is 2. The molecule has 0 saturated heterocycles. The number of anilines is 1. The Balaban J connectivity index is 1.70. The first-order valence-electron chi connectivity index (χ1n) is 7.20. The van der Waals surface area contributed by atoms with Crippen LogP contribution in [0.4, 0.5) is 5.95 Å². The molecular weight excluding hydrogens is 346 g/mol. The van der Waals surface area contributed by atoms with Crippen molar-refractivity contribution in [2.45, 2.75) is 13.5 Å². The lowest BCUT2D eigenvalue weighted by atomic mass is 10.3. The maximum Gasteiger partial charge on any atom is 0.261 e. The quantitative estimate of drug-likeness (QED) is 0.505. The molecule has 11 heteroatoms. The summed E-state index contributed by atoms with van der Waals surface area (Å²) in [5, 5.41) is 19.1. The molecule has 0 saturated carbocycles. The van der Waals surface area contributed by atoms with Gasteiger partial charge in [0.15, 0.2) is 0 Å². The second-order valence-corrected chi connectivity index (χ2v) is 5.38. The Hall–Kier alpha value is -3.27. The van der Waals surface area contributed by atoms with Gasteiger partial charge in [-0.15, -0.1) is 0 Å². The lowest BCUT2D eigenvalue weighted by Crippen LogP contribution is -2.24. The Morgan fingerprint density at radius 3 is 2.84 bits per heavy atom. The zero-order valence-electron chi connectivity index (χ0n) is 13.2. The number of nitrogen functional groups attached to an aromatic ring is 1. The SMILES string of the molecule is Cc1nn(-c2ccccc2)c(Cl)c1/C=N\NC(=O)Cn1nnnc1N. The summed E-state index contributed by atoms with van der Waals surface area (Å²) in [6.45, 7) is 1.66. The number of para-hydroxylation sites is 1. The van der Waals surface area contributed by atoms with Crippen LogP contribution in [0.15, 0.2) is 35.4 Å². The maximum atomic E-state index is 11.8. The molecule has 3 aromatic rings. The van der Waals surface area contributed by atoms with Gasteiger partial charge in [-0.1, -0.05) is 34.9 Å². The largest absolute Gasteiger partial charge is 0.367 e. The topological polar surface area (TPSA) is 129 Å². The van der Waals surface area contributed by atoms with E-state index in [1.807, 2.05) is 30.3 Å². The number of aryl methyl sites for hydroxylation is 1. The second-order valence-electron chi connectivity index (χ2n) is 5.03. The van der Waals surface area contributed by atoms with Gasteiger partial charge in [-0.05, 0) is 29.5 Å². The minimum atomic E-state index is -0.431. The monoisotopic (exact) mass is 359 g/mol. The van der Waals surface area contributed by atoms with Crippen molar-refractivity contribution in [2.75, 3.05) is 5.73 Å². The molecule has 25 heavy (non-hydrogen) atoms. The fourth-order valence-electron chi connectivity index (χ4n) is 2.06. The van der Waals surface area contributed by atoms with Gasteiger partial charge >= 0.3 is 0 Å². The molecular formula is C14H14ClN9O. The van der Waals surface area contributed by atoms with Gasteiger partial charge in [0.2, 0.25) is 5.95 Å². The summed E-state index contributed by atoms with van der Waals surface area (Å²) >= 11 is 6.36. The fourth-order valence-corrected chi connectivity index (χ4v) is 2.38. The van der Waals surface area contributed by atoms with Gasteiger partial charge in [0.05, 0.1) is 23.2 Å². The molecule has 0 bridgehead atoms. The maximum absolute atomic E-state index is 11.8. The minimum absolute atomic E-state index is 0.0437. The number of carbonyl (C=O) groups excluding carboxylic acids is 1. The van der Waals surface area contributed by atoms with Crippen molar-refractivity contribution in [2.24, 2.45) is 5.10 Å². The number of tetrazole rings is 1. The van der Waals surface area contributed by atoms with E-state index in [9.17, 15) is 4.79 Å². The number of hydrazone groups is 1. The molecule has 0 atom stereocenters. The number of carbonyl (C=O) groups is 1. The van der Waals surface area contributed by atoms with Crippen molar-refractivity contribution in [3.63, 3.8) is 0 Å². The van der Waals surface area contributed by atoms with Crippen LogP contribution in [0.1, 0.15) is 11.3 Å². The van der Waals surface area contributed by atoms with Crippen LogP contribution in [0, 0.1) is 6.92 Å². The standard InChI is InChI=1S/C14H14ClN9O/c1-9-11(13(15)24(20-9)10-5-3-2-4-6-10)7-17-18-12(25)8-23-14(16)19-21-22-23/h2-7H,8H2,1H3,(H,18,25)(H2,16,19,22)/b17-7-. The number of aromatic nitrogens is 6. The van der Waals surface area contributed by atoms with Crippen LogP contribution in [0.5, 0.6) is 0 Å².